The van der Waals surface area contributed by atoms with E-state index in [1.54, 1.807) is 0 Å². The van der Waals surface area contributed by atoms with Gasteiger partial charge in [0, 0.05) is 13.1 Å². The van der Waals surface area contributed by atoms with Gasteiger partial charge in [-0.2, -0.15) is 0 Å². The molecule has 0 spiro atoms. The summed E-state index contributed by atoms with van der Waals surface area (Å²) in [5.74, 6) is 0.577. The van der Waals surface area contributed by atoms with Gasteiger partial charge in [0.05, 0.1) is 23.3 Å². The van der Waals surface area contributed by atoms with E-state index in [1.807, 2.05) is 55.1 Å². The maximum atomic E-state index is 12.3. The molecule has 0 saturated heterocycles. The highest BCUT2D eigenvalue weighted by Crippen LogP contribution is 2.25. The van der Waals surface area contributed by atoms with Crippen LogP contribution in [0.15, 0.2) is 59.8 Å². The first kappa shape index (κ1) is 17.5. The number of benzene rings is 2. The molecular formula is C20H23N3OS. The monoisotopic (exact) mass is 353 g/mol. The molecular weight excluding hydrogens is 330 g/mol. The van der Waals surface area contributed by atoms with Gasteiger partial charge in [-0.3, -0.25) is 4.79 Å². The van der Waals surface area contributed by atoms with Crippen molar-refractivity contribution in [2.24, 2.45) is 0 Å². The fraction of sp³-hybridized carbons (Fsp3) is 0.300. The van der Waals surface area contributed by atoms with Crippen LogP contribution in [0.1, 0.15) is 19.4 Å². The molecule has 25 heavy (non-hydrogen) atoms. The first-order valence-corrected chi connectivity index (χ1v) is 9.61. The van der Waals surface area contributed by atoms with Gasteiger partial charge in [-0.15, -0.1) is 0 Å². The maximum absolute atomic E-state index is 12.3. The number of imidazole rings is 1. The van der Waals surface area contributed by atoms with Crippen LogP contribution >= 0.6 is 11.8 Å². The largest absolute Gasteiger partial charge is 0.343 e. The predicted octanol–water partition coefficient (Wildman–Crippen LogP) is 4.05. The molecule has 130 valence electrons. The van der Waals surface area contributed by atoms with Crippen molar-refractivity contribution in [2.45, 2.75) is 25.5 Å². The summed E-state index contributed by atoms with van der Waals surface area (Å²) in [4.78, 5) is 18.9. The van der Waals surface area contributed by atoms with E-state index in [-0.39, 0.29) is 5.91 Å². The van der Waals surface area contributed by atoms with Crippen LogP contribution in [0.3, 0.4) is 0 Å². The fourth-order valence-corrected chi connectivity index (χ4v) is 3.79. The van der Waals surface area contributed by atoms with Crippen molar-refractivity contribution in [3.63, 3.8) is 0 Å². The third kappa shape index (κ3) is 4.04. The van der Waals surface area contributed by atoms with Crippen LogP contribution in [0.5, 0.6) is 0 Å². The van der Waals surface area contributed by atoms with Crippen LogP contribution in [0, 0.1) is 0 Å². The Morgan fingerprint density at radius 2 is 1.72 bits per heavy atom. The molecule has 0 unspecified atom stereocenters. The number of thioether (sulfide) groups is 1. The van der Waals surface area contributed by atoms with Crippen molar-refractivity contribution in [2.75, 3.05) is 18.8 Å². The normalized spacial score (nSPS) is 11.0. The molecule has 3 rings (SSSR count). The second-order valence-electron chi connectivity index (χ2n) is 5.81. The first-order valence-electron chi connectivity index (χ1n) is 8.62. The van der Waals surface area contributed by atoms with Crippen LogP contribution in [-0.2, 0) is 11.3 Å². The zero-order valence-corrected chi connectivity index (χ0v) is 15.5. The van der Waals surface area contributed by atoms with Gasteiger partial charge >= 0.3 is 0 Å². The molecule has 4 nitrogen and oxygen atoms in total. The van der Waals surface area contributed by atoms with E-state index in [4.69, 9.17) is 4.98 Å². The van der Waals surface area contributed by atoms with Crippen molar-refractivity contribution in [1.82, 2.24) is 14.5 Å². The summed E-state index contributed by atoms with van der Waals surface area (Å²) in [6.45, 7) is 6.27. The molecule has 0 atom stereocenters. The number of rotatable bonds is 7. The molecule has 1 aromatic heterocycles. The first-order chi connectivity index (χ1) is 12.2. The van der Waals surface area contributed by atoms with Crippen molar-refractivity contribution in [1.29, 1.82) is 0 Å². The quantitative estimate of drug-likeness (QED) is 0.602. The molecule has 0 radical (unpaired) electrons. The molecule has 0 aliphatic heterocycles. The summed E-state index contributed by atoms with van der Waals surface area (Å²) in [6, 6.07) is 18.5. The van der Waals surface area contributed by atoms with Gasteiger partial charge < -0.3 is 9.47 Å². The van der Waals surface area contributed by atoms with Gasteiger partial charge in [-0.05, 0) is 31.5 Å². The van der Waals surface area contributed by atoms with Crippen molar-refractivity contribution < 1.29 is 4.79 Å². The number of hydrogen-bond donors (Lipinski definition) is 0. The van der Waals surface area contributed by atoms with E-state index in [0.29, 0.717) is 5.75 Å². The lowest BCUT2D eigenvalue weighted by atomic mass is 10.2. The highest BCUT2D eigenvalue weighted by atomic mass is 32.2. The van der Waals surface area contributed by atoms with Crippen LogP contribution in [0.2, 0.25) is 0 Å². The number of carbonyl (C=O) groups excluding carboxylic acids is 1. The van der Waals surface area contributed by atoms with Gasteiger partial charge in [-0.25, -0.2) is 4.98 Å². The Morgan fingerprint density at radius 1 is 1.04 bits per heavy atom. The Labute approximate surface area is 152 Å². The molecule has 0 aliphatic carbocycles. The SMILES string of the molecule is CCN(CC)C(=O)CSc1nc2ccccc2n1Cc1ccccc1. The number of aromatic nitrogens is 2. The van der Waals surface area contributed by atoms with E-state index in [1.165, 1.54) is 17.3 Å². The average molecular weight is 353 g/mol. The van der Waals surface area contributed by atoms with Crippen LogP contribution in [-0.4, -0.2) is 39.2 Å². The zero-order chi connectivity index (χ0) is 17.6. The highest BCUT2D eigenvalue weighted by molar-refractivity contribution is 7.99. The number of carbonyl (C=O) groups is 1. The summed E-state index contributed by atoms with van der Waals surface area (Å²) in [5.41, 5.74) is 3.29. The van der Waals surface area contributed by atoms with Gasteiger partial charge in [0.15, 0.2) is 5.16 Å². The third-order valence-electron chi connectivity index (χ3n) is 4.24. The fourth-order valence-electron chi connectivity index (χ4n) is 2.88. The Morgan fingerprint density at radius 3 is 2.44 bits per heavy atom. The second kappa shape index (κ2) is 8.21. The lowest BCUT2D eigenvalue weighted by molar-refractivity contribution is -0.127. The lowest BCUT2D eigenvalue weighted by Gasteiger charge is -2.18. The number of fused-ring (bicyclic) bond motifs is 1. The Balaban J connectivity index is 1.86. The van der Waals surface area contributed by atoms with Crippen molar-refractivity contribution in [3.8, 4) is 0 Å². The van der Waals surface area contributed by atoms with E-state index >= 15 is 0 Å². The highest BCUT2D eigenvalue weighted by Gasteiger charge is 2.15. The summed E-state index contributed by atoms with van der Waals surface area (Å²) >= 11 is 1.52. The lowest BCUT2D eigenvalue weighted by Crippen LogP contribution is -2.31. The Bertz CT molecular complexity index is 841. The molecule has 1 heterocycles. The van der Waals surface area contributed by atoms with Gasteiger partial charge in [0.2, 0.25) is 5.91 Å². The van der Waals surface area contributed by atoms with Crippen molar-refractivity contribution in [3.05, 3.63) is 60.2 Å². The molecule has 3 aromatic rings. The molecule has 2 aromatic carbocycles. The summed E-state index contributed by atoms with van der Waals surface area (Å²) in [7, 11) is 0. The van der Waals surface area contributed by atoms with E-state index in [9.17, 15) is 4.79 Å². The number of nitrogens with zero attached hydrogens (tertiary/aromatic N) is 3. The standard InChI is InChI=1S/C20H23N3OS/c1-3-22(4-2)19(24)15-25-20-21-17-12-8-9-13-18(17)23(20)14-16-10-6-5-7-11-16/h5-13H,3-4,14-15H2,1-2H3. The summed E-state index contributed by atoms with van der Waals surface area (Å²) in [5, 5.41) is 0.894. The zero-order valence-electron chi connectivity index (χ0n) is 14.7. The molecule has 0 N–H and O–H groups in total. The second-order valence-corrected chi connectivity index (χ2v) is 6.75. The third-order valence-corrected chi connectivity index (χ3v) is 5.21. The summed E-state index contributed by atoms with van der Waals surface area (Å²) < 4.78 is 2.20. The maximum Gasteiger partial charge on any atom is 0.233 e. The summed E-state index contributed by atoms with van der Waals surface area (Å²) in [6.07, 6.45) is 0. The Hall–Kier alpha value is -2.27. The van der Waals surface area contributed by atoms with Crippen molar-refractivity contribution >= 4 is 28.7 Å². The topological polar surface area (TPSA) is 38.1 Å². The molecule has 0 bridgehead atoms. The van der Waals surface area contributed by atoms with Crippen LogP contribution in [0.25, 0.3) is 11.0 Å². The minimum absolute atomic E-state index is 0.160. The van der Waals surface area contributed by atoms with E-state index in [0.717, 1.165) is 35.8 Å². The molecule has 0 fully saturated rings. The van der Waals surface area contributed by atoms with Crippen LogP contribution < -0.4 is 0 Å². The van der Waals surface area contributed by atoms with Gasteiger partial charge in [0.25, 0.3) is 0 Å². The molecule has 5 heteroatoms. The molecule has 0 aliphatic rings. The van der Waals surface area contributed by atoms with Gasteiger partial charge in [0.1, 0.15) is 0 Å². The predicted molar refractivity (Wildman–Crippen MR) is 104 cm³/mol. The number of amides is 1. The van der Waals surface area contributed by atoms with E-state index in [2.05, 4.69) is 22.8 Å². The minimum atomic E-state index is 0.160. The minimum Gasteiger partial charge on any atom is -0.343 e. The average Bonchev–Trinajstić information content (AvgIpc) is 2.99. The Kier molecular flexibility index (Phi) is 5.76. The van der Waals surface area contributed by atoms with E-state index < -0.39 is 0 Å². The number of hydrogen-bond acceptors (Lipinski definition) is 3. The smallest absolute Gasteiger partial charge is 0.233 e. The van der Waals surface area contributed by atoms with Crippen LogP contribution in [0.4, 0.5) is 0 Å². The molecule has 1 amide bonds. The van der Waals surface area contributed by atoms with Gasteiger partial charge in [-0.1, -0.05) is 54.2 Å². The molecule has 0 saturated carbocycles. The number of para-hydroxylation sites is 2.